The monoisotopic (exact) mass is 262 g/mol. The van der Waals surface area contributed by atoms with Gasteiger partial charge in [0.2, 0.25) is 0 Å². The zero-order valence-electron chi connectivity index (χ0n) is 10.2. The van der Waals surface area contributed by atoms with E-state index in [0.717, 1.165) is 22.1 Å². The molecule has 2 rings (SSSR count). The number of rotatable bonds is 5. The lowest BCUT2D eigenvalue weighted by atomic mass is 10.2. The van der Waals surface area contributed by atoms with Crippen molar-refractivity contribution in [3.63, 3.8) is 0 Å². The van der Waals surface area contributed by atoms with Crippen LogP contribution < -0.4 is 9.47 Å². The Morgan fingerprint density at radius 1 is 0.889 bits per heavy atom. The highest BCUT2D eigenvalue weighted by Crippen LogP contribution is 2.24. The zero-order chi connectivity index (χ0) is 12.8. The van der Waals surface area contributed by atoms with Crippen LogP contribution in [0.15, 0.2) is 48.5 Å². The van der Waals surface area contributed by atoms with Gasteiger partial charge in [-0.3, -0.25) is 0 Å². The SMILES string of the molecule is Cc1c(Cl)cccc1OCCOc1ccccc1. The predicted octanol–water partition coefficient (Wildman–Crippen LogP) is 4.11. The lowest BCUT2D eigenvalue weighted by Crippen LogP contribution is -2.09. The van der Waals surface area contributed by atoms with Crippen molar-refractivity contribution in [3.05, 3.63) is 59.1 Å². The summed E-state index contributed by atoms with van der Waals surface area (Å²) < 4.78 is 11.2. The third-order valence-corrected chi connectivity index (χ3v) is 2.98. The molecule has 0 spiro atoms. The van der Waals surface area contributed by atoms with Crippen LogP contribution in [0.25, 0.3) is 0 Å². The Morgan fingerprint density at radius 3 is 2.39 bits per heavy atom. The van der Waals surface area contributed by atoms with Gasteiger partial charge in [-0.05, 0) is 31.2 Å². The van der Waals surface area contributed by atoms with Crippen LogP contribution in [0.3, 0.4) is 0 Å². The van der Waals surface area contributed by atoms with Gasteiger partial charge in [-0.2, -0.15) is 0 Å². The molecule has 0 aromatic heterocycles. The van der Waals surface area contributed by atoms with Gasteiger partial charge in [0.05, 0.1) is 0 Å². The van der Waals surface area contributed by atoms with Gasteiger partial charge in [0.1, 0.15) is 24.7 Å². The topological polar surface area (TPSA) is 18.5 Å². The number of hydrogen-bond acceptors (Lipinski definition) is 2. The molecule has 0 heterocycles. The van der Waals surface area contributed by atoms with Crippen LogP contribution >= 0.6 is 11.6 Å². The normalized spacial score (nSPS) is 10.1. The first-order valence-corrected chi connectivity index (χ1v) is 6.21. The van der Waals surface area contributed by atoms with Gasteiger partial charge >= 0.3 is 0 Å². The average Bonchev–Trinajstić information content (AvgIpc) is 2.40. The molecule has 0 aliphatic rings. The van der Waals surface area contributed by atoms with Crippen LogP contribution in [-0.4, -0.2) is 13.2 Å². The van der Waals surface area contributed by atoms with E-state index in [1.807, 2.05) is 55.5 Å². The summed E-state index contributed by atoms with van der Waals surface area (Å²) in [5.74, 6) is 1.66. The first-order chi connectivity index (χ1) is 8.77. The van der Waals surface area contributed by atoms with Crippen molar-refractivity contribution in [1.29, 1.82) is 0 Å². The van der Waals surface area contributed by atoms with Gasteiger partial charge < -0.3 is 9.47 Å². The van der Waals surface area contributed by atoms with Crippen molar-refractivity contribution < 1.29 is 9.47 Å². The molecule has 0 bridgehead atoms. The molecule has 0 saturated heterocycles. The summed E-state index contributed by atoms with van der Waals surface area (Å²) in [5.41, 5.74) is 0.957. The third kappa shape index (κ3) is 3.41. The molecular formula is C15H15ClO2. The number of benzene rings is 2. The van der Waals surface area contributed by atoms with E-state index in [1.165, 1.54) is 0 Å². The van der Waals surface area contributed by atoms with Crippen molar-refractivity contribution in [2.24, 2.45) is 0 Å². The Morgan fingerprint density at radius 2 is 1.61 bits per heavy atom. The molecule has 18 heavy (non-hydrogen) atoms. The molecule has 94 valence electrons. The van der Waals surface area contributed by atoms with Crippen LogP contribution in [0.1, 0.15) is 5.56 Å². The Hall–Kier alpha value is -1.67. The largest absolute Gasteiger partial charge is 0.490 e. The summed E-state index contributed by atoms with van der Waals surface area (Å²) in [7, 11) is 0. The van der Waals surface area contributed by atoms with E-state index in [9.17, 15) is 0 Å². The van der Waals surface area contributed by atoms with Crippen LogP contribution in [-0.2, 0) is 0 Å². The minimum Gasteiger partial charge on any atom is -0.490 e. The lowest BCUT2D eigenvalue weighted by Gasteiger charge is -2.10. The number of para-hydroxylation sites is 1. The molecule has 2 aromatic carbocycles. The highest BCUT2D eigenvalue weighted by atomic mass is 35.5. The van der Waals surface area contributed by atoms with Gasteiger partial charge in [-0.15, -0.1) is 0 Å². The van der Waals surface area contributed by atoms with Crippen LogP contribution in [0.2, 0.25) is 5.02 Å². The molecule has 2 aromatic rings. The summed E-state index contributed by atoms with van der Waals surface area (Å²) in [6.07, 6.45) is 0. The highest BCUT2D eigenvalue weighted by molar-refractivity contribution is 6.31. The highest BCUT2D eigenvalue weighted by Gasteiger charge is 2.02. The summed E-state index contributed by atoms with van der Waals surface area (Å²) in [4.78, 5) is 0. The molecule has 0 aliphatic heterocycles. The third-order valence-electron chi connectivity index (χ3n) is 2.57. The van der Waals surface area contributed by atoms with Crippen LogP contribution in [0, 0.1) is 6.92 Å². The lowest BCUT2D eigenvalue weighted by molar-refractivity contribution is 0.216. The fourth-order valence-corrected chi connectivity index (χ4v) is 1.74. The van der Waals surface area contributed by atoms with E-state index < -0.39 is 0 Å². The maximum Gasteiger partial charge on any atom is 0.123 e. The molecule has 0 aliphatic carbocycles. The smallest absolute Gasteiger partial charge is 0.123 e. The molecule has 0 atom stereocenters. The second kappa shape index (κ2) is 6.31. The Bertz CT molecular complexity index is 497. The summed E-state index contributed by atoms with van der Waals surface area (Å²) in [6, 6.07) is 15.3. The van der Waals surface area contributed by atoms with Crippen molar-refractivity contribution >= 4 is 11.6 Å². The molecule has 0 N–H and O–H groups in total. The van der Waals surface area contributed by atoms with E-state index >= 15 is 0 Å². The Kier molecular flexibility index (Phi) is 4.48. The average molecular weight is 263 g/mol. The molecule has 0 fully saturated rings. The second-order valence-electron chi connectivity index (χ2n) is 3.87. The van der Waals surface area contributed by atoms with E-state index in [0.29, 0.717) is 13.2 Å². The number of ether oxygens (including phenoxy) is 2. The van der Waals surface area contributed by atoms with E-state index in [2.05, 4.69) is 0 Å². The molecule has 0 saturated carbocycles. The first kappa shape index (κ1) is 12.8. The van der Waals surface area contributed by atoms with Crippen molar-refractivity contribution in [2.75, 3.05) is 13.2 Å². The molecule has 0 amide bonds. The van der Waals surface area contributed by atoms with Gasteiger partial charge in [0.25, 0.3) is 0 Å². The molecule has 2 nitrogen and oxygen atoms in total. The molecule has 0 unspecified atom stereocenters. The number of hydrogen-bond donors (Lipinski definition) is 0. The fraction of sp³-hybridized carbons (Fsp3) is 0.200. The predicted molar refractivity (Wildman–Crippen MR) is 73.6 cm³/mol. The zero-order valence-corrected chi connectivity index (χ0v) is 11.0. The summed E-state index contributed by atoms with van der Waals surface area (Å²) in [5, 5.41) is 0.719. The van der Waals surface area contributed by atoms with Gasteiger partial charge in [0.15, 0.2) is 0 Å². The Balaban J connectivity index is 1.81. The van der Waals surface area contributed by atoms with Crippen molar-refractivity contribution in [2.45, 2.75) is 6.92 Å². The van der Waals surface area contributed by atoms with E-state index in [1.54, 1.807) is 0 Å². The maximum absolute atomic E-state index is 6.01. The molecular weight excluding hydrogens is 248 g/mol. The summed E-state index contributed by atoms with van der Waals surface area (Å²) in [6.45, 7) is 2.95. The van der Waals surface area contributed by atoms with Gasteiger partial charge in [0, 0.05) is 10.6 Å². The molecule has 0 radical (unpaired) electrons. The van der Waals surface area contributed by atoms with E-state index in [4.69, 9.17) is 21.1 Å². The summed E-state index contributed by atoms with van der Waals surface area (Å²) >= 11 is 6.01. The minimum absolute atomic E-state index is 0.496. The molecule has 3 heteroatoms. The van der Waals surface area contributed by atoms with Crippen LogP contribution in [0.4, 0.5) is 0 Å². The fourth-order valence-electron chi connectivity index (χ4n) is 1.57. The van der Waals surface area contributed by atoms with Gasteiger partial charge in [-0.25, -0.2) is 0 Å². The van der Waals surface area contributed by atoms with Gasteiger partial charge in [-0.1, -0.05) is 35.9 Å². The standard InChI is InChI=1S/C15H15ClO2/c1-12-14(16)8-5-9-15(12)18-11-10-17-13-6-3-2-4-7-13/h2-9H,10-11H2,1H3. The minimum atomic E-state index is 0.496. The number of halogens is 1. The Labute approximate surface area is 112 Å². The second-order valence-corrected chi connectivity index (χ2v) is 4.28. The first-order valence-electron chi connectivity index (χ1n) is 5.83. The quantitative estimate of drug-likeness (QED) is 0.755. The van der Waals surface area contributed by atoms with E-state index in [-0.39, 0.29) is 0 Å². The van der Waals surface area contributed by atoms with Crippen LogP contribution in [0.5, 0.6) is 11.5 Å². The van der Waals surface area contributed by atoms with Crippen molar-refractivity contribution in [1.82, 2.24) is 0 Å². The maximum atomic E-state index is 6.01. The van der Waals surface area contributed by atoms with Crippen molar-refractivity contribution in [3.8, 4) is 11.5 Å².